The van der Waals surface area contributed by atoms with Crippen LogP contribution in [-0.4, -0.2) is 0 Å². The summed E-state index contributed by atoms with van der Waals surface area (Å²) in [5.41, 5.74) is 20.2. The summed E-state index contributed by atoms with van der Waals surface area (Å²) in [5.74, 6) is 0. The lowest BCUT2D eigenvalue weighted by atomic mass is 9.83. The number of fused-ring (bicyclic) bond motifs is 13. The molecule has 416 valence electrons. The van der Waals surface area contributed by atoms with Gasteiger partial charge in [0, 0.05) is 27.1 Å². The fourth-order valence-corrected chi connectivity index (χ4v) is 15.4. The van der Waals surface area contributed by atoms with Gasteiger partial charge in [0.15, 0.2) is 0 Å². The Morgan fingerprint density at radius 3 is 1.19 bits per heavy atom. The minimum absolute atomic E-state index is 0.870. The molecule has 0 aliphatic rings. The second kappa shape index (κ2) is 19.8. The van der Waals surface area contributed by atoms with Crippen molar-refractivity contribution in [1.29, 1.82) is 0 Å². The van der Waals surface area contributed by atoms with E-state index in [2.05, 4.69) is 309 Å². The number of hydrogen-bond acceptors (Lipinski definition) is 2. The molecule has 19 rings (SSSR count). The fourth-order valence-electron chi connectivity index (χ4n) is 15.4. The second-order valence-corrected chi connectivity index (χ2v) is 24.0. The Morgan fingerprint density at radius 1 is 0.167 bits per heavy atom. The van der Waals surface area contributed by atoms with Crippen LogP contribution in [0.3, 0.4) is 0 Å². The monoisotopic (exact) mass is 1140 g/mol. The molecular formula is C88H52O2. The zero-order valence-electron chi connectivity index (χ0n) is 48.8. The lowest BCUT2D eigenvalue weighted by Crippen LogP contribution is -1.93. The average molecular weight is 1140 g/mol. The number of hydrogen-bond donors (Lipinski definition) is 0. The van der Waals surface area contributed by atoms with Crippen LogP contribution in [0.4, 0.5) is 0 Å². The molecule has 0 aliphatic carbocycles. The van der Waals surface area contributed by atoms with Gasteiger partial charge in [0.2, 0.25) is 0 Å². The van der Waals surface area contributed by atoms with E-state index in [0.29, 0.717) is 0 Å². The molecule has 2 nitrogen and oxygen atoms in total. The second-order valence-electron chi connectivity index (χ2n) is 24.0. The van der Waals surface area contributed by atoms with E-state index in [0.717, 1.165) is 60.6 Å². The van der Waals surface area contributed by atoms with Crippen molar-refractivity contribution in [1.82, 2.24) is 0 Å². The van der Waals surface area contributed by atoms with E-state index in [1.165, 1.54) is 137 Å². The fraction of sp³-hybridized carbons (Fsp3) is 0. The third-order valence-corrected chi connectivity index (χ3v) is 19.2. The summed E-state index contributed by atoms with van der Waals surface area (Å²) < 4.78 is 13.4. The van der Waals surface area contributed by atoms with Crippen molar-refractivity contribution >= 4 is 119 Å². The molecule has 0 saturated carbocycles. The van der Waals surface area contributed by atoms with Gasteiger partial charge >= 0.3 is 0 Å². The summed E-state index contributed by atoms with van der Waals surface area (Å²) >= 11 is 0. The van der Waals surface area contributed by atoms with E-state index < -0.39 is 0 Å². The quantitative estimate of drug-likeness (QED) is 0.149. The van der Waals surface area contributed by atoms with E-state index in [-0.39, 0.29) is 0 Å². The summed E-state index contributed by atoms with van der Waals surface area (Å²) in [6, 6.07) is 116. The van der Waals surface area contributed by atoms with E-state index in [4.69, 9.17) is 8.83 Å². The smallest absolute Gasteiger partial charge is 0.143 e. The molecule has 0 unspecified atom stereocenters. The zero-order chi connectivity index (χ0) is 59.0. The van der Waals surface area contributed by atoms with Gasteiger partial charge in [0.25, 0.3) is 0 Å². The lowest BCUT2D eigenvalue weighted by Gasteiger charge is -2.20. The number of para-hydroxylation sites is 2. The zero-order valence-corrected chi connectivity index (χ0v) is 48.8. The van der Waals surface area contributed by atoms with E-state index in [9.17, 15) is 0 Å². The molecule has 17 aromatic carbocycles. The standard InChI is InChI=1S/C88H52O2/c1-2-20-53(21-3-1)82-70-29-10-12-31-72(70)85(73-32-13-11-30-71(73)82)74-47-46-65(63-23-4-5-24-64(63)74)75-48-49-76(88-87(75)78-34-15-17-38-80(78)90-88)62-36-18-22-56-52-59(44-45-60(56)62)84-68-27-8-6-25-66(68)83(67-26-7-9-28-69(67)84)58-43-41-54-50-57(42-40-55(54)51-58)61-35-19-39-81-86(61)77-33-14-16-37-79(77)89-81/h1-52H. The Hall–Kier alpha value is -11.8. The maximum Gasteiger partial charge on any atom is 0.143 e. The van der Waals surface area contributed by atoms with Crippen LogP contribution in [-0.2, 0) is 0 Å². The van der Waals surface area contributed by atoms with Gasteiger partial charge in [0.05, 0.1) is 0 Å². The molecule has 2 heterocycles. The molecule has 90 heavy (non-hydrogen) atoms. The predicted octanol–water partition coefficient (Wildman–Crippen LogP) is 25.2. The normalized spacial score (nSPS) is 12.0. The molecule has 0 amide bonds. The Bertz CT molecular complexity index is 6100. The Labute approximate surface area is 518 Å². The van der Waals surface area contributed by atoms with Gasteiger partial charge in [-0.2, -0.15) is 0 Å². The third-order valence-electron chi connectivity index (χ3n) is 19.2. The molecule has 0 radical (unpaired) electrons. The van der Waals surface area contributed by atoms with E-state index in [1.807, 2.05) is 6.07 Å². The molecule has 0 bridgehead atoms. The first-order valence-corrected chi connectivity index (χ1v) is 31.0. The van der Waals surface area contributed by atoms with Crippen molar-refractivity contribution in [2.24, 2.45) is 0 Å². The summed E-state index contributed by atoms with van der Waals surface area (Å²) in [4.78, 5) is 0. The highest BCUT2D eigenvalue weighted by Gasteiger charge is 2.24. The average Bonchev–Trinajstić information content (AvgIpc) is 1.19. The van der Waals surface area contributed by atoms with Crippen molar-refractivity contribution in [3.63, 3.8) is 0 Å². The highest BCUT2D eigenvalue weighted by molar-refractivity contribution is 6.27. The summed E-state index contributed by atoms with van der Waals surface area (Å²) in [7, 11) is 0. The van der Waals surface area contributed by atoms with Crippen molar-refractivity contribution in [2.75, 3.05) is 0 Å². The van der Waals surface area contributed by atoms with Gasteiger partial charge in [0.1, 0.15) is 22.3 Å². The van der Waals surface area contributed by atoms with Crippen LogP contribution in [0.1, 0.15) is 0 Å². The van der Waals surface area contributed by atoms with E-state index >= 15 is 0 Å². The first kappa shape index (κ1) is 50.3. The van der Waals surface area contributed by atoms with Crippen LogP contribution in [0.2, 0.25) is 0 Å². The number of furan rings is 2. The maximum absolute atomic E-state index is 7.10. The molecule has 19 aromatic rings. The van der Waals surface area contributed by atoms with Gasteiger partial charge in [-0.15, -0.1) is 0 Å². The third kappa shape index (κ3) is 7.59. The van der Waals surface area contributed by atoms with Gasteiger partial charge in [-0.1, -0.05) is 273 Å². The van der Waals surface area contributed by atoms with Gasteiger partial charge in [-0.25, -0.2) is 0 Å². The molecule has 0 atom stereocenters. The summed E-state index contributed by atoms with van der Waals surface area (Å²) in [6.45, 7) is 0. The highest BCUT2D eigenvalue weighted by Crippen LogP contribution is 2.51. The van der Waals surface area contributed by atoms with Gasteiger partial charge in [-0.3, -0.25) is 0 Å². The SMILES string of the molecule is c1ccc(-c2c3ccccc3c(-c3ccc(-c4ccc(-c5cccc6cc(-c7c8ccccc8c(-c8ccc9cc(-c%10cccc%11oc%12ccccc%12c%10%11)ccc9c8)c8ccccc78)ccc56)c5oc6ccccc6c45)c4ccccc34)c3ccccc23)cc1. The Morgan fingerprint density at radius 2 is 0.567 bits per heavy atom. The van der Waals surface area contributed by atoms with Crippen LogP contribution in [0.25, 0.3) is 197 Å². The van der Waals surface area contributed by atoms with E-state index in [1.54, 1.807) is 0 Å². The lowest BCUT2D eigenvalue weighted by molar-refractivity contribution is 0.669. The van der Waals surface area contributed by atoms with Crippen LogP contribution in [0, 0.1) is 0 Å². The van der Waals surface area contributed by atoms with Crippen LogP contribution in [0.15, 0.2) is 324 Å². The molecule has 2 heteroatoms. The molecule has 0 saturated heterocycles. The number of rotatable bonds is 7. The van der Waals surface area contributed by atoms with Crippen molar-refractivity contribution in [3.8, 4) is 77.9 Å². The van der Waals surface area contributed by atoms with Crippen molar-refractivity contribution < 1.29 is 8.83 Å². The van der Waals surface area contributed by atoms with Crippen molar-refractivity contribution in [2.45, 2.75) is 0 Å². The predicted molar refractivity (Wildman–Crippen MR) is 382 cm³/mol. The number of benzene rings is 17. The topological polar surface area (TPSA) is 26.3 Å². The molecule has 0 fully saturated rings. The van der Waals surface area contributed by atoms with Crippen LogP contribution >= 0.6 is 0 Å². The Balaban J connectivity index is 0.732. The minimum atomic E-state index is 0.870. The molecule has 0 spiro atoms. The van der Waals surface area contributed by atoms with Gasteiger partial charge in [-0.05, 0) is 190 Å². The molecule has 2 aromatic heterocycles. The van der Waals surface area contributed by atoms with Crippen molar-refractivity contribution in [3.05, 3.63) is 315 Å². The van der Waals surface area contributed by atoms with Gasteiger partial charge < -0.3 is 8.83 Å². The molecule has 0 N–H and O–H groups in total. The largest absolute Gasteiger partial charge is 0.456 e. The summed E-state index contributed by atoms with van der Waals surface area (Å²) in [6.07, 6.45) is 0. The molecule has 0 aliphatic heterocycles. The highest BCUT2D eigenvalue weighted by atomic mass is 16.3. The minimum Gasteiger partial charge on any atom is -0.456 e. The first-order chi connectivity index (χ1) is 44.7. The first-order valence-electron chi connectivity index (χ1n) is 31.0. The molecular weight excluding hydrogens is 1090 g/mol. The van der Waals surface area contributed by atoms with Crippen LogP contribution < -0.4 is 0 Å². The summed E-state index contributed by atoms with van der Waals surface area (Å²) in [5, 5.41) is 21.5. The Kier molecular flexibility index (Phi) is 11.1. The maximum atomic E-state index is 7.10. The van der Waals surface area contributed by atoms with Crippen LogP contribution in [0.5, 0.6) is 0 Å².